The molecule has 0 spiro atoms. The summed E-state index contributed by atoms with van der Waals surface area (Å²) < 4.78 is 1.88. The van der Waals surface area contributed by atoms with Gasteiger partial charge >= 0.3 is 0 Å². The van der Waals surface area contributed by atoms with E-state index in [0.717, 1.165) is 29.3 Å². The van der Waals surface area contributed by atoms with Crippen LogP contribution in [-0.2, 0) is 19.9 Å². The Hall–Kier alpha value is -0.990. The number of halogens is 2. The molecule has 20 heavy (non-hydrogen) atoms. The van der Waals surface area contributed by atoms with Crippen LogP contribution >= 0.6 is 23.2 Å². The van der Waals surface area contributed by atoms with E-state index in [-0.39, 0.29) is 5.92 Å². The molecule has 0 bridgehead atoms. The lowest BCUT2D eigenvalue weighted by atomic mass is 9.95. The molecule has 0 aliphatic heterocycles. The fourth-order valence-corrected chi connectivity index (χ4v) is 3.03. The molecule has 0 fully saturated rings. The van der Waals surface area contributed by atoms with Gasteiger partial charge in [0.2, 0.25) is 0 Å². The van der Waals surface area contributed by atoms with E-state index in [1.807, 2.05) is 11.7 Å². The zero-order valence-electron chi connectivity index (χ0n) is 12.2. The standard InChI is InChI=1S/C16H20Cl2N2/c1-4-14-16(18)15(20(3)19-14)9-13(10-17)12-7-5-11(2)6-8-12/h5-8,13H,4,9-10H2,1-3H3. The number of benzene rings is 1. The van der Waals surface area contributed by atoms with Crippen LogP contribution in [0.2, 0.25) is 5.02 Å². The Bertz CT molecular complexity index is 573. The summed E-state index contributed by atoms with van der Waals surface area (Å²) in [6.07, 6.45) is 1.66. The minimum Gasteiger partial charge on any atom is -0.271 e. The van der Waals surface area contributed by atoms with Gasteiger partial charge in [0.25, 0.3) is 0 Å². The van der Waals surface area contributed by atoms with Gasteiger partial charge in [-0.25, -0.2) is 0 Å². The lowest BCUT2D eigenvalue weighted by Gasteiger charge is -2.15. The van der Waals surface area contributed by atoms with Crippen LogP contribution in [-0.4, -0.2) is 15.7 Å². The lowest BCUT2D eigenvalue weighted by molar-refractivity contribution is 0.655. The monoisotopic (exact) mass is 310 g/mol. The van der Waals surface area contributed by atoms with Crippen LogP contribution in [0.4, 0.5) is 0 Å². The maximum absolute atomic E-state index is 6.42. The maximum atomic E-state index is 6.42. The number of rotatable bonds is 5. The topological polar surface area (TPSA) is 17.8 Å². The van der Waals surface area contributed by atoms with E-state index in [4.69, 9.17) is 23.2 Å². The summed E-state index contributed by atoms with van der Waals surface area (Å²) in [6, 6.07) is 8.54. The Morgan fingerprint density at radius 3 is 2.40 bits per heavy atom. The molecule has 0 saturated carbocycles. The third-order valence-corrected chi connectivity index (χ3v) is 4.49. The molecule has 1 unspecified atom stereocenters. The highest BCUT2D eigenvalue weighted by atomic mass is 35.5. The molecular formula is C16H20Cl2N2. The summed E-state index contributed by atoms with van der Waals surface area (Å²) in [7, 11) is 1.95. The molecule has 1 heterocycles. The summed E-state index contributed by atoms with van der Waals surface area (Å²) >= 11 is 12.6. The van der Waals surface area contributed by atoms with Crippen LogP contribution < -0.4 is 0 Å². The Kier molecular flexibility index (Phi) is 5.11. The van der Waals surface area contributed by atoms with Gasteiger partial charge in [0.15, 0.2) is 0 Å². The number of nitrogens with zero attached hydrogens (tertiary/aromatic N) is 2. The summed E-state index contributed by atoms with van der Waals surface area (Å²) in [5, 5.41) is 5.25. The molecule has 1 atom stereocenters. The molecule has 4 heteroatoms. The van der Waals surface area contributed by atoms with Crippen molar-refractivity contribution in [3.8, 4) is 0 Å². The Morgan fingerprint density at radius 1 is 1.25 bits per heavy atom. The number of hydrogen-bond acceptors (Lipinski definition) is 1. The van der Waals surface area contributed by atoms with Crippen LogP contribution in [0.3, 0.4) is 0 Å². The second-order valence-corrected chi connectivity index (χ2v) is 5.84. The average Bonchev–Trinajstić information content (AvgIpc) is 2.72. The van der Waals surface area contributed by atoms with Crippen LogP contribution in [0.15, 0.2) is 24.3 Å². The van der Waals surface area contributed by atoms with Gasteiger partial charge < -0.3 is 0 Å². The predicted octanol–water partition coefficient (Wildman–Crippen LogP) is 4.51. The number of aryl methyl sites for hydroxylation is 3. The van der Waals surface area contributed by atoms with Crippen molar-refractivity contribution in [2.45, 2.75) is 32.6 Å². The minimum absolute atomic E-state index is 0.259. The molecule has 2 aromatic rings. The minimum atomic E-state index is 0.259. The number of hydrogen-bond donors (Lipinski definition) is 0. The van der Waals surface area contributed by atoms with Crippen molar-refractivity contribution < 1.29 is 0 Å². The van der Waals surface area contributed by atoms with Crippen LogP contribution in [0.5, 0.6) is 0 Å². The largest absolute Gasteiger partial charge is 0.271 e. The molecule has 0 saturated heterocycles. The number of alkyl halides is 1. The van der Waals surface area contributed by atoms with Gasteiger partial charge in [-0.1, -0.05) is 48.4 Å². The molecule has 0 N–H and O–H groups in total. The van der Waals surface area contributed by atoms with E-state index in [0.29, 0.717) is 5.88 Å². The van der Waals surface area contributed by atoms with Gasteiger partial charge in [0.05, 0.1) is 16.4 Å². The highest BCUT2D eigenvalue weighted by Crippen LogP contribution is 2.28. The van der Waals surface area contributed by atoms with Gasteiger partial charge in [-0.3, -0.25) is 4.68 Å². The Morgan fingerprint density at radius 2 is 1.90 bits per heavy atom. The van der Waals surface area contributed by atoms with Crippen LogP contribution in [0.1, 0.15) is 35.4 Å². The van der Waals surface area contributed by atoms with Crippen molar-refractivity contribution in [1.82, 2.24) is 9.78 Å². The van der Waals surface area contributed by atoms with Crippen LogP contribution in [0.25, 0.3) is 0 Å². The highest BCUT2D eigenvalue weighted by Gasteiger charge is 2.18. The van der Waals surface area contributed by atoms with E-state index >= 15 is 0 Å². The Balaban J connectivity index is 2.26. The van der Waals surface area contributed by atoms with Gasteiger partial charge in [-0.05, 0) is 25.3 Å². The first-order valence-corrected chi connectivity index (χ1v) is 7.80. The lowest BCUT2D eigenvalue weighted by Crippen LogP contribution is -2.09. The fourth-order valence-electron chi connectivity index (χ4n) is 2.38. The van der Waals surface area contributed by atoms with Crippen molar-refractivity contribution in [3.63, 3.8) is 0 Å². The van der Waals surface area contributed by atoms with E-state index in [1.165, 1.54) is 11.1 Å². The molecule has 1 aromatic heterocycles. The number of aromatic nitrogens is 2. The van der Waals surface area contributed by atoms with Gasteiger partial charge in [0.1, 0.15) is 0 Å². The normalized spacial score (nSPS) is 12.7. The first kappa shape index (κ1) is 15.4. The first-order valence-electron chi connectivity index (χ1n) is 6.89. The maximum Gasteiger partial charge on any atom is 0.0849 e. The van der Waals surface area contributed by atoms with Gasteiger partial charge in [-0.2, -0.15) is 5.10 Å². The van der Waals surface area contributed by atoms with Crippen molar-refractivity contribution in [3.05, 3.63) is 51.8 Å². The molecule has 2 rings (SSSR count). The zero-order valence-corrected chi connectivity index (χ0v) is 13.7. The quantitative estimate of drug-likeness (QED) is 0.743. The predicted molar refractivity (Wildman–Crippen MR) is 85.9 cm³/mol. The molecular weight excluding hydrogens is 291 g/mol. The molecule has 0 amide bonds. The van der Waals surface area contributed by atoms with Crippen molar-refractivity contribution >= 4 is 23.2 Å². The Labute approximate surface area is 130 Å². The smallest absolute Gasteiger partial charge is 0.0849 e. The van der Waals surface area contributed by atoms with E-state index < -0.39 is 0 Å². The highest BCUT2D eigenvalue weighted by molar-refractivity contribution is 6.31. The first-order chi connectivity index (χ1) is 9.56. The average molecular weight is 311 g/mol. The summed E-state index contributed by atoms with van der Waals surface area (Å²) in [5.41, 5.74) is 4.53. The second kappa shape index (κ2) is 6.64. The summed E-state index contributed by atoms with van der Waals surface area (Å²) in [4.78, 5) is 0. The SMILES string of the molecule is CCc1nn(C)c(CC(CCl)c2ccc(C)cc2)c1Cl. The molecule has 2 nitrogen and oxygen atoms in total. The summed E-state index contributed by atoms with van der Waals surface area (Å²) in [5.74, 6) is 0.835. The van der Waals surface area contributed by atoms with Crippen molar-refractivity contribution in [1.29, 1.82) is 0 Å². The fraction of sp³-hybridized carbons (Fsp3) is 0.438. The molecule has 0 aliphatic carbocycles. The van der Waals surface area contributed by atoms with E-state index in [9.17, 15) is 0 Å². The molecule has 108 valence electrons. The van der Waals surface area contributed by atoms with Gasteiger partial charge in [0, 0.05) is 18.8 Å². The molecule has 0 radical (unpaired) electrons. The molecule has 1 aromatic carbocycles. The van der Waals surface area contributed by atoms with E-state index in [2.05, 4.69) is 43.2 Å². The summed E-state index contributed by atoms with van der Waals surface area (Å²) in [6.45, 7) is 4.15. The third kappa shape index (κ3) is 3.18. The zero-order chi connectivity index (χ0) is 14.7. The van der Waals surface area contributed by atoms with Crippen molar-refractivity contribution in [2.24, 2.45) is 7.05 Å². The third-order valence-electron chi connectivity index (χ3n) is 3.68. The van der Waals surface area contributed by atoms with Gasteiger partial charge in [-0.15, -0.1) is 11.6 Å². The second-order valence-electron chi connectivity index (χ2n) is 5.15. The molecule has 0 aliphatic rings. The van der Waals surface area contributed by atoms with Crippen LogP contribution in [0, 0.1) is 6.92 Å². The van der Waals surface area contributed by atoms with E-state index in [1.54, 1.807) is 0 Å². The van der Waals surface area contributed by atoms with Crippen molar-refractivity contribution in [2.75, 3.05) is 5.88 Å².